The third-order valence-corrected chi connectivity index (χ3v) is 5.07. The monoisotopic (exact) mass is 368 g/mol. The maximum atomic E-state index is 12.5. The van der Waals surface area contributed by atoms with E-state index in [9.17, 15) is 8.42 Å². The van der Waals surface area contributed by atoms with Crippen LogP contribution in [0.15, 0.2) is 51.8 Å². The molecule has 2 aromatic rings. The SMILES string of the molecule is Cc1ccc(Br)cc1S(=O)(=O)Nc1cccc(N(C)C)c1. The van der Waals surface area contributed by atoms with E-state index < -0.39 is 10.0 Å². The number of sulfonamides is 1. The van der Waals surface area contributed by atoms with E-state index in [-0.39, 0.29) is 4.90 Å². The molecular formula is C15H17BrN2O2S. The second kappa shape index (κ2) is 6.07. The van der Waals surface area contributed by atoms with Crippen LogP contribution in [0.3, 0.4) is 0 Å². The summed E-state index contributed by atoms with van der Waals surface area (Å²) in [6.07, 6.45) is 0. The number of nitrogens with zero attached hydrogens (tertiary/aromatic N) is 1. The highest BCUT2D eigenvalue weighted by molar-refractivity contribution is 9.10. The number of rotatable bonds is 4. The summed E-state index contributed by atoms with van der Waals surface area (Å²) in [6.45, 7) is 1.78. The van der Waals surface area contributed by atoms with Gasteiger partial charge in [0.25, 0.3) is 10.0 Å². The lowest BCUT2D eigenvalue weighted by Crippen LogP contribution is -2.15. The Morgan fingerprint density at radius 1 is 1.10 bits per heavy atom. The third kappa shape index (κ3) is 3.77. The van der Waals surface area contributed by atoms with Crippen LogP contribution < -0.4 is 9.62 Å². The number of benzene rings is 2. The van der Waals surface area contributed by atoms with Gasteiger partial charge in [-0.2, -0.15) is 0 Å². The molecule has 0 saturated heterocycles. The predicted molar refractivity (Wildman–Crippen MR) is 90.5 cm³/mol. The topological polar surface area (TPSA) is 49.4 Å². The molecule has 0 heterocycles. The number of hydrogen-bond donors (Lipinski definition) is 1. The highest BCUT2D eigenvalue weighted by atomic mass is 79.9. The number of aryl methyl sites for hydroxylation is 1. The van der Waals surface area contributed by atoms with E-state index in [1.807, 2.05) is 37.2 Å². The lowest BCUT2D eigenvalue weighted by atomic mass is 10.2. The molecular weight excluding hydrogens is 352 g/mol. The first kappa shape index (κ1) is 15.9. The number of anilines is 2. The van der Waals surface area contributed by atoms with Gasteiger partial charge >= 0.3 is 0 Å². The molecule has 1 N–H and O–H groups in total. The van der Waals surface area contributed by atoms with Gasteiger partial charge in [0.05, 0.1) is 10.6 Å². The molecule has 0 atom stereocenters. The molecule has 0 bridgehead atoms. The summed E-state index contributed by atoms with van der Waals surface area (Å²) >= 11 is 3.31. The Morgan fingerprint density at radius 3 is 2.48 bits per heavy atom. The quantitative estimate of drug-likeness (QED) is 0.896. The first-order valence-electron chi connectivity index (χ1n) is 6.36. The number of hydrogen-bond acceptors (Lipinski definition) is 3. The summed E-state index contributed by atoms with van der Waals surface area (Å²) in [5.74, 6) is 0. The van der Waals surface area contributed by atoms with Crippen LogP contribution in [-0.2, 0) is 10.0 Å². The van der Waals surface area contributed by atoms with Crippen LogP contribution in [0.1, 0.15) is 5.56 Å². The Morgan fingerprint density at radius 2 is 1.81 bits per heavy atom. The second-order valence-electron chi connectivity index (χ2n) is 4.96. The Kier molecular flexibility index (Phi) is 4.58. The molecule has 2 aromatic carbocycles. The summed E-state index contributed by atoms with van der Waals surface area (Å²) in [6, 6.07) is 12.5. The van der Waals surface area contributed by atoms with Gasteiger partial charge in [0.1, 0.15) is 0 Å². The summed E-state index contributed by atoms with van der Waals surface area (Å²) in [4.78, 5) is 2.19. The molecule has 0 aliphatic carbocycles. The van der Waals surface area contributed by atoms with Crippen molar-refractivity contribution in [2.75, 3.05) is 23.7 Å². The van der Waals surface area contributed by atoms with Gasteiger partial charge in [0.2, 0.25) is 0 Å². The van der Waals surface area contributed by atoms with Crippen molar-refractivity contribution in [3.05, 3.63) is 52.5 Å². The Bertz CT molecular complexity index is 758. The minimum atomic E-state index is -3.61. The van der Waals surface area contributed by atoms with E-state index in [1.54, 1.807) is 31.2 Å². The minimum absolute atomic E-state index is 0.270. The van der Waals surface area contributed by atoms with Gasteiger partial charge < -0.3 is 4.90 Å². The summed E-state index contributed by atoms with van der Waals surface area (Å²) < 4.78 is 28.4. The fraction of sp³-hybridized carbons (Fsp3) is 0.200. The largest absolute Gasteiger partial charge is 0.378 e. The van der Waals surface area contributed by atoms with Crippen molar-refractivity contribution in [2.45, 2.75) is 11.8 Å². The third-order valence-electron chi connectivity index (χ3n) is 3.05. The standard InChI is InChI=1S/C15H17BrN2O2S/c1-11-7-8-12(16)9-15(11)21(19,20)17-13-5-4-6-14(10-13)18(2)3/h4-10,17H,1-3H3. The summed E-state index contributed by atoms with van der Waals surface area (Å²) in [7, 11) is 0.210. The number of nitrogens with one attached hydrogen (secondary N) is 1. The lowest BCUT2D eigenvalue weighted by molar-refractivity contribution is 0.600. The Balaban J connectivity index is 2.37. The fourth-order valence-corrected chi connectivity index (χ4v) is 3.76. The van der Waals surface area contributed by atoms with Crippen LogP contribution in [0.4, 0.5) is 11.4 Å². The van der Waals surface area contributed by atoms with Gasteiger partial charge in [-0.05, 0) is 42.8 Å². The zero-order chi connectivity index (χ0) is 15.6. The predicted octanol–water partition coefficient (Wildman–Crippen LogP) is 3.62. The van der Waals surface area contributed by atoms with E-state index in [0.29, 0.717) is 11.3 Å². The van der Waals surface area contributed by atoms with Gasteiger partial charge in [-0.25, -0.2) is 8.42 Å². The molecule has 0 radical (unpaired) electrons. The van der Waals surface area contributed by atoms with E-state index in [1.165, 1.54) is 0 Å². The van der Waals surface area contributed by atoms with Gasteiger partial charge in [-0.3, -0.25) is 4.72 Å². The molecule has 0 aromatic heterocycles. The first-order valence-corrected chi connectivity index (χ1v) is 8.63. The molecule has 0 amide bonds. The Hall–Kier alpha value is -1.53. The average molecular weight is 369 g/mol. The van der Waals surface area contributed by atoms with Gasteiger partial charge in [0, 0.05) is 24.3 Å². The second-order valence-corrected chi connectivity index (χ2v) is 7.53. The average Bonchev–Trinajstić information content (AvgIpc) is 2.41. The van der Waals surface area contributed by atoms with Crippen LogP contribution >= 0.6 is 15.9 Å². The fourth-order valence-electron chi connectivity index (χ4n) is 1.92. The van der Waals surface area contributed by atoms with Gasteiger partial charge in [0.15, 0.2) is 0 Å². The van der Waals surface area contributed by atoms with Crippen molar-refractivity contribution in [3.63, 3.8) is 0 Å². The zero-order valence-corrected chi connectivity index (χ0v) is 14.5. The van der Waals surface area contributed by atoms with E-state index in [2.05, 4.69) is 20.7 Å². The summed E-state index contributed by atoms with van der Waals surface area (Å²) in [5.41, 5.74) is 2.18. The lowest BCUT2D eigenvalue weighted by Gasteiger charge is -2.15. The molecule has 6 heteroatoms. The molecule has 4 nitrogen and oxygen atoms in total. The molecule has 0 fully saturated rings. The van der Waals surface area contributed by atoms with Crippen LogP contribution in [0, 0.1) is 6.92 Å². The Labute approximate surface area is 134 Å². The van der Waals surface area contributed by atoms with Crippen molar-refractivity contribution in [3.8, 4) is 0 Å². The van der Waals surface area contributed by atoms with Gasteiger partial charge in [-0.1, -0.05) is 28.1 Å². The van der Waals surface area contributed by atoms with Crippen molar-refractivity contribution in [1.29, 1.82) is 0 Å². The van der Waals surface area contributed by atoms with Crippen LogP contribution in [0.5, 0.6) is 0 Å². The van der Waals surface area contributed by atoms with Crippen molar-refractivity contribution < 1.29 is 8.42 Å². The molecule has 0 aliphatic heterocycles. The minimum Gasteiger partial charge on any atom is -0.378 e. The van der Waals surface area contributed by atoms with Crippen LogP contribution in [-0.4, -0.2) is 22.5 Å². The summed E-state index contributed by atoms with van der Waals surface area (Å²) in [5, 5.41) is 0. The zero-order valence-electron chi connectivity index (χ0n) is 12.1. The molecule has 0 saturated carbocycles. The van der Waals surface area contributed by atoms with E-state index >= 15 is 0 Å². The first-order chi connectivity index (χ1) is 9.79. The van der Waals surface area contributed by atoms with Crippen molar-refractivity contribution in [1.82, 2.24) is 0 Å². The van der Waals surface area contributed by atoms with Gasteiger partial charge in [-0.15, -0.1) is 0 Å². The number of halogens is 1. The molecule has 21 heavy (non-hydrogen) atoms. The van der Waals surface area contributed by atoms with Crippen LogP contribution in [0.2, 0.25) is 0 Å². The molecule has 0 unspecified atom stereocenters. The normalized spacial score (nSPS) is 11.2. The van der Waals surface area contributed by atoms with Crippen molar-refractivity contribution >= 4 is 37.3 Å². The molecule has 0 spiro atoms. The molecule has 2 rings (SSSR count). The van der Waals surface area contributed by atoms with Crippen LogP contribution in [0.25, 0.3) is 0 Å². The van der Waals surface area contributed by atoms with Crippen molar-refractivity contribution in [2.24, 2.45) is 0 Å². The maximum absolute atomic E-state index is 12.5. The van der Waals surface area contributed by atoms with E-state index in [4.69, 9.17) is 0 Å². The maximum Gasteiger partial charge on any atom is 0.262 e. The molecule has 112 valence electrons. The highest BCUT2D eigenvalue weighted by Crippen LogP contribution is 2.24. The highest BCUT2D eigenvalue weighted by Gasteiger charge is 2.17. The van der Waals surface area contributed by atoms with E-state index in [0.717, 1.165) is 10.2 Å². The smallest absolute Gasteiger partial charge is 0.262 e. The molecule has 0 aliphatic rings.